The van der Waals surface area contributed by atoms with Crippen LogP contribution >= 0.6 is 0 Å². The fourth-order valence-electron chi connectivity index (χ4n) is 3.54. The highest BCUT2D eigenvalue weighted by molar-refractivity contribution is 6.01. The van der Waals surface area contributed by atoms with Gasteiger partial charge in [0.2, 0.25) is 0 Å². The summed E-state index contributed by atoms with van der Waals surface area (Å²) in [4.78, 5) is 15.0. The van der Waals surface area contributed by atoms with Crippen LogP contribution in [0, 0.1) is 6.92 Å². The Kier molecular flexibility index (Phi) is 3.79. The number of benzene rings is 1. The summed E-state index contributed by atoms with van der Waals surface area (Å²) in [6.07, 6.45) is 2.91. The molecule has 7 nitrogen and oxygen atoms in total. The van der Waals surface area contributed by atoms with E-state index in [0.29, 0.717) is 23.6 Å². The third kappa shape index (κ3) is 2.68. The van der Waals surface area contributed by atoms with Crippen molar-refractivity contribution in [3.8, 4) is 11.5 Å². The molecule has 2 N–H and O–H groups in total. The summed E-state index contributed by atoms with van der Waals surface area (Å²) in [5.41, 5.74) is 2.98. The van der Waals surface area contributed by atoms with Crippen LogP contribution in [0.3, 0.4) is 0 Å². The van der Waals surface area contributed by atoms with Crippen LogP contribution in [-0.2, 0) is 6.54 Å². The molecule has 0 spiro atoms. The van der Waals surface area contributed by atoms with Crippen LogP contribution in [0.5, 0.6) is 0 Å². The zero-order valence-corrected chi connectivity index (χ0v) is 15.2. The van der Waals surface area contributed by atoms with Crippen molar-refractivity contribution >= 4 is 11.6 Å². The van der Waals surface area contributed by atoms with Gasteiger partial charge in [-0.05, 0) is 43.3 Å². The van der Waals surface area contributed by atoms with E-state index in [4.69, 9.17) is 8.83 Å². The minimum absolute atomic E-state index is 0.0708. The Hall–Kier alpha value is -3.74. The number of aromatic amines is 1. The van der Waals surface area contributed by atoms with Gasteiger partial charge in [0.25, 0.3) is 5.91 Å². The van der Waals surface area contributed by atoms with Crippen LogP contribution in [0.15, 0.2) is 69.8 Å². The second-order valence-corrected chi connectivity index (χ2v) is 6.72. The molecule has 0 aliphatic carbocycles. The monoisotopic (exact) mass is 374 g/mol. The molecule has 4 heterocycles. The van der Waals surface area contributed by atoms with E-state index < -0.39 is 6.17 Å². The second-order valence-electron chi connectivity index (χ2n) is 6.72. The number of furan rings is 2. The number of para-hydroxylation sites is 1. The SMILES string of the molecule is Cc1ccc(-c2[nH]ncc2[C@H]2Nc3ccccc3C(=O)N2Cc2ccco2)o1. The molecule has 1 amide bonds. The number of nitrogens with one attached hydrogen (secondary N) is 2. The zero-order chi connectivity index (χ0) is 19.1. The maximum Gasteiger partial charge on any atom is 0.258 e. The van der Waals surface area contributed by atoms with E-state index in [9.17, 15) is 4.79 Å². The van der Waals surface area contributed by atoms with E-state index in [2.05, 4.69) is 15.5 Å². The fraction of sp³-hybridized carbons (Fsp3) is 0.143. The summed E-state index contributed by atoms with van der Waals surface area (Å²) in [7, 11) is 0. The van der Waals surface area contributed by atoms with Gasteiger partial charge in [0.05, 0.1) is 24.6 Å². The standard InChI is InChI=1S/C21H18N4O3/c1-13-8-9-18(28-13)19-16(11-22-24-19)20-23-17-7-3-2-6-15(17)21(26)25(20)12-14-5-4-10-27-14/h2-11,20,23H,12H2,1H3,(H,22,24)/t20-/m0/s1. The summed E-state index contributed by atoms with van der Waals surface area (Å²) in [5.74, 6) is 2.12. The molecular formula is C21H18N4O3. The van der Waals surface area contributed by atoms with Crippen molar-refractivity contribution in [2.75, 3.05) is 5.32 Å². The van der Waals surface area contributed by atoms with Gasteiger partial charge in [-0.15, -0.1) is 0 Å². The van der Waals surface area contributed by atoms with Crippen molar-refractivity contribution < 1.29 is 13.6 Å². The molecule has 0 unspecified atom stereocenters. The van der Waals surface area contributed by atoms with Crippen LogP contribution in [-0.4, -0.2) is 21.0 Å². The van der Waals surface area contributed by atoms with Gasteiger partial charge in [-0.1, -0.05) is 12.1 Å². The van der Waals surface area contributed by atoms with Crippen molar-refractivity contribution in [2.45, 2.75) is 19.6 Å². The van der Waals surface area contributed by atoms with E-state index in [1.165, 1.54) is 0 Å². The summed E-state index contributed by atoms with van der Waals surface area (Å²) in [5, 5.41) is 10.7. The lowest BCUT2D eigenvalue weighted by molar-refractivity contribution is 0.0652. The van der Waals surface area contributed by atoms with Crippen LogP contribution in [0.4, 0.5) is 5.69 Å². The van der Waals surface area contributed by atoms with E-state index in [1.807, 2.05) is 55.5 Å². The number of aromatic nitrogens is 2. The average molecular weight is 374 g/mol. The predicted octanol–water partition coefficient (Wildman–Crippen LogP) is 4.34. The Morgan fingerprint density at radius 3 is 2.82 bits per heavy atom. The van der Waals surface area contributed by atoms with Crippen LogP contribution in [0.1, 0.15) is 33.6 Å². The number of fused-ring (bicyclic) bond motifs is 1. The van der Waals surface area contributed by atoms with Crippen molar-refractivity contribution in [3.05, 3.63) is 83.6 Å². The lowest BCUT2D eigenvalue weighted by Crippen LogP contribution is -2.42. The summed E-state index contributed by atoms with van der Waals surface area (Å²) < 4.78 is 11.3. The first-order valence-electron chi connectivity index (χ1n) is 8.99. The van der Waals surface area contributed by atoms with Gasteiger partial charge < -0.3 is 19.1 Å². The number of nitrogens with zero attached hydrogens (tertiary/aromatic N) is 2. The predicted molar refractivity (Wildman–Crippen MR) is 102 cm³/mol. The molecule has 0 fully saturated rings. The first kappa shape index (κ1) is 16.4. The number of carbonyl (C=O) groups excluding carboxylic acids is 1. The third-order valence-electron chi connectivity index (χ3n) is 4.88. The summed E-state index contributed by atoms with van der Waals surface area (Å²) in [6.45, 7) is 2.22. The number of anilines is 1. The number of carbonyl (C=O) groups is 1. The zero-order valence-electron chi connectivity index (χ0n) is 15.2. The van der Waals surface area contributed by atoms with Crippen LogP contribution in [0.2, 0.25) is 0 Å². The Bertz CT molecular complexity index is 1130. The molecule has 7 heteroatoms. The molecule has 4 aromatic rings. The number of hydrogen-bond acceptors (Lipinski definition) is 5. The van der Waals surface area contributed by atoms with Crippen molar-refractivity contribution in [1.82, 2.24) is 15.1 Å². The molecule has 3 aromatic heterocycles. The third-order valence-corrected chi connectivity index (χ3v) is 4.88. The highest BCUT2D eigenvalue weighted by Crippen LogP contribution is 2.37. The van der Waals surface area contributed by atoms with Gasteiger partial charge >= 0.3 is 0 Å². The quantitative estimate of drug-likeness (QED) is 0.555. The fourth-order valence-corrected chi connectivity index (χ4v) is 3.54. The van der Waals surface area contributed by atoms with Crippen LogP contribution in [0.25, 0.3) is 11.5 Å². The number of H-pyrrole nitrogens is 1. The average Bonchev–Trinajstić information content (AvgIpc) is 3.45. The lowest BCUT2D eigenvalue weighted by atomic mass is 10.0. The van der Waals surface area contributed by atoms with E-state index in [0.717, 1.165) is 22.7 Å². The molecular weight excluding hydrogens is 356 g/mol. The minimum atomic E-state index is -0.424. The topological polar surface area (TPSA) is 87.3 Å². The van der Waals surface area contributed by atoms with Gasteiger partial charge in [0.15, 0.2) is 5.76 Å². The molecule has 1 aromatic carbocycles. The summed E-state index contributed by atoms with van der Waals surface area (Å²) in [6, 6.07) is 15.0. The first-order valence-corrected chi connectivity index (χ1v) is 8.99. The Morgan fingerprint density at radius 2 is 2.04 bits per heavy atom. The Balaban J connectivity index is 1.60. The largest absolute Gasteiger partial charge is 0.467 e. The van der Waals surface area contributed by atoms with Crippen LogP contribution < -0.4 is 5.32 Å². The van der Waals surface area contributed by atoms with Crippen molar-refractivity contribution in [1.29, 1.82) is 0 Å². The first-order chi connectivity index (χ1) is 13.7. The highest BCUT2D eigenvalue weighted by atomic mass is 16.3. The number of rotatable bonds is 4. The molecule has 0 bridgehead atoms. The number of amides is 1. The molecule has 1 aliphatic rings. The Morgan fingerprint density at radius 1 is 1.14 bits per heavy atom. The molecule has 0 radical (unpaired) electrons. The smallest absolute Gasteiger partial charge is 0.258 e. The van der Waals surface area contributed by atoms with Gasteiger partial charge in [0.1, 0.15) is 23.4 Å². The maximum atomic E-state index is 13.3. The van der Waals surface area contributed by atoms with E-state index in [1.54, 1.807) is 17.4 Å². The maximum absolute atomic E-state index is 13.3. The second kappa shape index (κ2) is 6.45. The van der Waals surface area contributed by atoms with Crippen molar-refractivity contribution in [2.24, 2.45) is 0 Å². The van der Waals surface area contributed by atoms with Gasteiger partial charge in [-0.3, -0.25) is 9.89 Å². The van der Waals surface area contributed by atoms with Gasteiger partial charge in [-0.25, -0.2) is 0 Å². The van der Waals surface area contributed by atoms with Gasteiger partial charge in [-0.2, -0.15) is 5.10 Å². The molecule has 5 rings (SSSR count). The normalized spacial score (nSPS) is 16.1. The molecule has 1 atom stereocenters. The van der Waals surface area contributed by atoms with Gasteiger partial charge in [0, 0.05) is 11.3 Å². The molecule has 0 saturated carbocycles. The minimum Gasteiger partial charge on any atom is -0.467 e. The Labute approximate surface area is 161 Å². The molecule has 1 aliphatic heterocycles. The van der Waals surface area contributed by atoms with E-state index >= 15 is 0 Å². The highest BCUT2D eigenvalue weighted by Gasteiger charge is 2.35. The molecule has 140 valence electrons. The number of hydrogen-bond donors (Lipinski definition) is 2. The number of aryl methyl sites for hydroxylation is 1. The van der Waals surface area contributed by atoms with E-state index in [-0.39, 0.29) is 5.91 Å². The summed E-state index contributed by atoms with van der Waals surface area (Å²) >= 11 is 0. The lowest BCUT2D eigenvalue weighted by Gasteiger charge is -2.37. The van der Waals surface area contributed by atoms with Crippen molar-refractivity contribution in [3.63, 3.8) is 0 Å². The molecule has 0 saturated heterocycles. The molecule has 28 heavy (non-hydrogen) atoms.